The van der Waals surface area contributed by atoms with E-state index in [0.717, 1.165) is 16.3 Å². The van der Waals surface area contributed by atoms with Gasteiger partial charge >= 0.3 is 0 Å². The Bertz CT molecular complexity index is 1580. The van der Waals surface area contributed by atoms with Gasteiger partial charge in [0, 0.05) is 12.1 Å². The van der Waals surface area contributed by atoms with E-state index in [9.17, 15) is 20.2 Å². The summed E-state index contributed by atoms with van der Waals surface area (Å²) in [6.07, 6.45) is 1.39. The molecule has 0 aromatic heterocycles. The number of carbonyl (C=O) groups excluding carboxylic acids is 1. The number of rotatable bonds is 9. The van der Waals surface area contributed by atoms with Gasteiger partial charge in [0.2, 0.25) is 0 Å². The summed E-state index contributed by atoms with van der Waals surface area (Å²) >= 11 is 0. The molecule has 1 N–H and O–H groups in total. The highest BCUT2D eigenvalue weighted by Gasteiger charge is 2.17. The molecule has 0 heterocycles. The van der Waals surface area contributed by atoms with Crippen LogP contribution < -0.4 is 19.5 Å². The van der Waals surface area contributed by atoms with Gasteiger partial charge < -0.3 is 19.5 Å². The second-order valence-corrected chi connectivity index (χ2v) is 8.10. The number of nitro benzene ring substituents is 1. The Labute approximate surface area is 218 Å². The Morgan fingerprint density at radius 3 is 2.45 bits per heavy atom. The van der Waals surface area contributed by atoms with Gasteiger partial charge in [0.15, 0.2) is 11.5 Å². The van der Waals surface area contributed by atoms with Gasteiger partial charge in [-0.15, -0.1) is 0 Å². The van der Waals surface area contributed by atoms with Gasteiger partial charge in [-0.05, 0) is 46.2 Å². The van der Waals surface area contributed by atoms with E-state index in [-0.39, 0.29) is 29.3 Å². The van der Waals surface area contributed by atoms with E-state index in [0.29, 0.717) is 17.1 Å². The van der Waals surface area contributed by atoms with Crippen LogP contribution in [0.4, 0.5) is 11.4 Å². The van der Waals surface area contributed by atoms with Crippen molar-refractivity contribution in [1.29, 1.82) is 5.26 Å². The molecule has 0 unspecified atom stereocenters. The van der Waals surface area contributed by atoms with Gasteiger partial charge in [0.05, 0.1) is 24.8 Å². The summed E-state index contributed by atoms with van der Waals surface area (Å²) in [5.74, 6) is 0.397. The number of hydrogen-bond acceptors (Lipinski definition) is 7. The number of nitrogens with one attached hydrogen (secondary N) is 1. The molecule has 9 heteroatoms. The first kappa shape index (κ1) is 25.7. The molecule has 0 aliphatic carbocycles. The molecule has 9 nitrogen and oxygen atoms in total. The minimum Gasteiger partial charge on any atom is -0.495 e. The molecule has 0 saturated heterocycles. The molecular formula is C29H23N3O6. The van der Waals surface area contributed by atoms with Crippen LogP contribution in [0.3, 0.4) is 0 Å². The van der Waals surface area contributed by atoms with Crippen LogP contribution in [0.5, 0.6) is 17.2 Å². The minimum absolute atomic E-state index is 0.0710. The largest absolute Gasteiger partial charge is 0.495 e. The van der Waals surface area contributed by atoms with E-state index in [4.69, 9.17) is 14.2 Å². The number of ether oxygens (including phenoxy) is 3. The van der Waals surface area contributed by atoms with Crippen molar-refractivity contribution in [2.45, 2.75) is 6.61 Å². The zero-order chi connectivity index (χ0) is 27.1. The van der Waals surface area contributed by atoms with E-state index in [1.165, 1.54) is 38.5 Å². The molecule has 0 spiro atoms. The Hall–Kier alpha value is -5.36. The smallest absolute Gasteiger partial charge is 0.271 e. The third-order valence-electron chi connectivity index (χ3n) is 5.77. The summed E-state index contributed by atoms with van der Waals surface area (Å²) in [5.41, 5.74) is 1.14. The number of non-ortho nitro benzene ring substituents is 1. The lowest BCUT2D eigenvalue weighted by atomic mass is 10.1. The molecule has 4 aromatic carbocycles. The predicted octanol–water partition coefficient (Wildman–Crippen LogP) is 5.89. The summed E-state index contributed by atoms with van der Waals surface area (Å²) in [5, 5.41) is 25.5. The standard InChI is InChI=1S/C29H23N3O6/c1-36-26-13-11-23(32(34)35)16-25(26)31-29(33)22(17-30)14-19-10-12-27(37-2)28(15-19)38-18-21-8-5-7-20-6-3-4-9-24(20)21/h3-16H,18H2,1-2H3,(H,31,33)/b22-14+. The topological polar surface area (TPSA) is 124 Å². The van der Waals surface area contributed by atoms with Crippen LogP contribution in [0, 0.1) is 21.4 Å². The van der Waals surface area contributed by atoms with E-state index in [1.54, 1.807) is 18.2 Å². The molecule has 0 aliphatic rings. The maximum atomic E-state index is 12.9. The molecule has 1 amide bonds. The number of anilines is 1. The number of amides is 1. The third kappa shape index (κ3) is 5.71. The number of carbonyl (C=O) groups is 1. The van der Waals surface area contributed by atoms with E-state index in [1.807, 2.05) is 48.5 Å². The van der Waals surface area contributed by atoms with Gasteiger partial charge in [-0.25, -0.2) is 0 Å². The van der Waals surface area contributed by atoms with Crippen LogP contribution in [-0.2, 0) is 11.4 Å². The van der Waals surface area contributed by atoms with Gasteiger partial charge in [0.1, 0.15) is 24.0 Å². The number of methoxy groups -OCH3 is 2. The Kier molecular flexibility index (Phi) is 7.84. The zero-order valence-corrected chi connectivity index (χ0v) is 20.6. The van der Waals surface area contributed by atoms with Gasteiger partial charge in [-0.3, -0.25) is 14.9 Å². The lowest BCUT2D eigenvalue weighted by Gasteiger charge is -2.13. The average Bonchev–Trinajstić information content (AvgIpc) is 2.94. The zero-order valence-electron chi connectivity index (χ0n) is 20.6. The normalized spacial score (nSPS) is 10.9. The molecule has 190 valence electrons. The van der Waals surface area contributed by atoms with Crippen molar-refractivity contribution in [2.24, 2.45) is 0 Å². The molecule has 0 radical (unpaired) electrons. The van der Waals surface area contributed by atoms with Crippen molar-refractivity contribution in [3.63, 3.8) is 0 Å². The van der Waals surface area contributed by atoms with E-state index < -0.39 is 10.8 Å². The Morgan fingerprint density at radius 2 is 1.71 bits per heavy atom. The second-order valence-electron chi connectivity index (χ2n) is 8.10. The molecule has 38 heavy (non-hydrogen) atoms. The monoisotopic (exact) mass is 509 g/mol. The fourth-order valence-electron chi connectivity index (χ4n) is 3.88. The number of benzene rings is 4. The summed E-state index contributed by atoms with van der Waals surface area (Å²) < 4.78 is 16.7. The van der Waals surface area contributed by atoms with Crippen molar-refractivity contribution < 1.29 is 23.9 Å². The van der Waals surface area contributed by atoms with Crippen LogP contribution in [0.1, 0.15) is 11.1 Å². The molecule has 0 fully saturated rings. The third-order valence-corrected chi connectivity index (χ3v) is 5.77. The minimum atomic E-state index is -0.750. The van der Waals surface area contributed by atoms with Crippen LogP contribution in [0.15, 0.2) is 84.4 Å². The van der Waals surface area contributed by atoms with Crippen molar-refractivity contribution in [3.8, 4) is 23.3 Å². The SMILES string of the molecule is COc1ccc([N+](=O)[O-])cc1NC(=O)/C(C#N)=C/c1ccc(OC)c(OCc2cccc3ccccc23)c1. The lowest BCUT2D eigenvalue weighted by Crippen LogP contribution is -2.14. The highest BCUT2D eigenvalue weighted by atomic mass is 16.6. The molecular weight excluding hydrogens is 486 g/mol. The number of nitro groups is 1. The number of nitriles is 1. The van der Waals surface area contributed by atoms with Gasteiger partial charge in [-0.1, -0.05) is 48.5 Å². The number of nitrogens with zero attached hydrogens (tertiary/aromatic N) is 2. The average molecular weight is 510 g/mol. The van der Waals surface area contributed by atoms with E-state index in [2.05, 4.69) is 5.32 Å². The Balaban J connectivity index is 1.58. The number of fused-ring (bicyclic) bond motifs is 1. The van der Waals surface area contributed by atoms with Crippen molar-refractivity contribution in [3.05, 3.63) is 106 Å². The summed E-state index contributed by atoms with van der Waals surface area (Å²) in [4.78, 5) is 23.4. The molecule has 0 aliphatic heterocycles. The quantitative estimate of drug-likeness (QED) is 0.129. The Morgan fingerprint density at radius 1 is 0.974 bits per heavy atom. The van der Waals surface area contributed by atoms with Crippen molar-refractivity contribution in [1.82, 2.24) is 0 Å². The summed E-state index contributed by atoms with van der Waals surface area (Å²) in [7, 11) is 2.89. The molecule has 0 saturated carbocycles. The van der Waals surface area contributed by atoms with Gasteiger partial charge in [0.25, 0.3) is 11.6 Å². The molecule has 0 bridgehead atoms. The first-order valence-corrected chi connectivity index (χ1v) is 11.5. The fraction of sp³-hybridized carbons (Fsp3) is 0.103. The van der Waals surface area contributed by atoms with Crippen molar-refractivity contribution in [2.75, 3.05) is 19.5 Å². The van der Waals surface area contributed by atoms with Crippen LogP contribution in [0.2, 0.25) is 0 Å². The van der Waals surface area contributed by atoms with Crippen LogP contribution in [-0.4, -0.2) is 25.1 Å². The maximum Gasteiger partial charge on any atom is 0.271 e. The second kappa shape index (κ2) is 11.6. The number of hydrogen-bond donors (Lipinski definition) is 1. The highest BCUT2D eigenvalue weighted by molar-refractivity contribution is 6.10. The first-order chi connectivity index (χ1) is 18.4. The lowest BCUT2D eigenvalue weighted by molar-refractivity contribution is -0.384. The molecule has 0 atom stereocenters. The highest BCUT2D eigenvalue weighted by Crippen LogP contribution is 2.32. The molecule has 4 aromatic rings. The summed E-state index contributed by atoms with van der Waals surface area (Å²) in [6.45, 7) is 0.281. The maximum absolute atomic E-state index is 12.9. The first-order valence-electron chi connectivity index (χ1n) is 11.5. The van der Waals surface area contributed by atoms with Crippen LogP contribution in [0.25, 0.3) is 16.8 Å². The predicted molar refractivity (Wildman–Crippen MR) is 143 cm³/mol. The van der Waals surface area contributed by atoms with Crippen molar-refractivity contribution >= 4 is 34.1 Å². The van der Waals surface area contributed by atoms with Crippen LogP contribution >= 0.6 is 0 Å². The molecule has 4 rings (SSSR count). The summed E-state index contributed by atoms with van der Waals surface area (Å²) in [6, 6.07) is 24.7. The van der Waals surface area contributed by atoms with E-state index >= 15 is 0 Å². The fourth-order valence-corrected chi connectivity index (χ4v) is 3.88. The van der Waals surface area contributed by atoms with Gasteiger partial charge in [-0.2, -0.15) is 5.26 Å².